The van der Waals surface area contributed by atoms with Gasteiger partial charge in [-0.1, -0.05) is 41.1 Å². The number of hydrogen-bond donors (Lipinski definition) is 1. The third-order valence-corrected chi connectivity index (χ3v) is 5.23. The average molecular weight is 432 g/mol. The number of nitrogens with one attached hydrogen (secondary N) is 1. The Balaban J connectivity index is 1.53. The fraction of sp³-hybridized carbons (Fsp3) is 0.381. The maximum atomic E-state index is 12.4. The van der Waals surface area contributed by atoms with Gasteiger partial charge in [-0.25, -0.2) is 0 Å². The molecular formula is C21H26BrN3O2. The Morgan fingerprint density at radius 2 is 1.89 bits per heavy atom. The number of halogens is 1. The van der Waals surface area contributed by atoms with Crippen molar-refractivity contribution in [1.29, 1.82) is 0 Å². The van der Waals surface area contributed by atoms with Gasteiger partial charge < -0.3 is 19.9 Å². The van der Waals surface area contributed by atoms with Crippen LogP contribution in [0.2, 0.25) is 0 Å². The van der Waals surface area contributed by atoms with Crippen LogP contribution in [0.15, 0.2) is 53.0 Å². The summed E-state index contributed by atoms with van der Waals surface area (Å²) in [5, 5.41) is 3.05. The topological polar surface area (TPSA) is 44.8 Å². The van der Waals surface area contributed by atoms with Crippen molar-refractivity contribution in [2.24, 2.45) is 0 Å². The van der Waals surface area contributed by atoms with Crippen molar-refractivity contribution in [2.45, 2.75) is 13.3 Å². The predicted molar refractivity (Wildman–Crippen MR) is 114 cm³/mol. The largest absolute Gasteiger partial charge is 0.493 e. The van der Waals surface area contributed by atoms with Crippen molar-refractivity contribution >= 4 is 33.2 Å². The first-order valence-corrected chi connectivity index (χ1v) is 10.2. The number of anilines is 2. The number of ether oxygens (including phenoxy) is 1. The maximum absolute atomic E-state index is 12.4. The zero-order valence-corrected chi connectivity index (χ0v) is 17.2. The summed E-state index contributed by atoms with van der Waals surface area (Å²) in [4.78, 5) is 17.2. The number of likely N-dealkylation sites (N-methyl/N-ethyl adjacent to an activating group) is 1. The molecule has 5 nitrogen and oxygen atoms in total. The molecule has 0 saturated carbocycles. The zero-order valence-electron chi connectivity index (χ0n) is 15.7. The number of carbonyl (C=O) groups is 1. The van der Waals surface area contributed by atoms with Gasteiger partial charge in [0, 0.05) is 30.7 Å². The van der Waals surface area contributed by atoms with Crippen molar-refractivity contribution in [2.75, 3.05) is 49.5 Å². The monoisotopic (exact) mass is 431 g/mol. The third-order valence-electron chi connectivity index (χ3n) is 4.73. The Kier molecular flexibility index (Phi) is 7.12. The highest BCUT2D eigenvalue weighted by molar-refractivity contribution is 9.10. The number of carbonyl (C=O) groups excluding carboxylic acids is 1. The number of benzene rings is 2. The average Bonchev–Trinajstić information content (AvgIpc) is 2.69. The van der Waals surface area contributed by atoms with Crippen LogP contribution >= 0.6 is 15.9 Å². The quantitative estimate of drug-likeness (QED) is 0.719. The lowest BCUT2D eigenvalue weighted by Crippen LogP contribution is -2.46. The minimum absolute atomic E-state index is 0.0374. The summed E-state index contributed by atoms with van der Waals surface area (Å²) < 4.78 is 6.62. The molecule has 0 bridgehead atoms. The van der Waals surface area contributed by atoms with Crippen LogP contribution < -0.4 is 15.0 Å². The summed E-state index contributed by atoms with van der Waals surface area (Å²) in [6.45, 7) is 7.70. The SMILES string of the molecule is CCN1CCN(c2ccccc2NC(=O)CCOc2cccc(Br)c2)CC1. The lowest BCUT2D eigenvalue weighted by molar-refractivity contribution is -0.116. The molecule has 1 N–H and O–H groups in total. The Morgan fingerprint density at radius 1 is 1.11 bits per heavy atom. The van der Waals surface area contributed by atoms with Crippen LogP contribution in [0.25, 0.3) is 0 Å². The Morgan fingerprint density at radius 3 is 2.63 bits per heavy atom. The number of amides is 1. The molecule has 0 radical (unpaired) electrons. The molecule has 0 aromatic heterocycles. The molecule has 3 rings (SSSR count). The molecule has 144 valence electrons. The minimum atomic E-state index is -0.0374. The highest BCUT2D eigenvalue weighted by Crippen LogP contribution is 2.27. The molecule has 6 heteroatoms. The van der Waals surface area contributed by atoms with Gasteiger partial charge in [0.25, 0.3) is 0 Å². The summed E-state index contributed by atoms with van der Waals surface area (Å²) in [7, 11) is 0. The Hall–Kier alpha value is -2.05. The molecule has 1 aliphatic rings. The molecule has 1 fully saturated rings. The predicted octanol–water partition coefficient (Wildman–Crippen LogP) is 4.00. The van der Waals surface area contributed by atoms with Crippen molar-refractivity contribution in [3.05, 3.63) is 53.0 Å². The molecule has 2 aromatic rings. The zero-order chi connectivity index (χ0) is 19.1. The van der Waals surface area contributed by atoms with Crippen molar-refractivity contribution in [1.82, 2.24) is 4.90 Å². The van der Waals surface area contributed by atoms with Crippen LogP contribution in [-0.2, 0) is 4.79 Å². The van der Waals surface area contributed by atoms with Crippen LogP contribution in [-0.4, -0.2) is 50.1 Å². The molecule has 1 aliphatic heterocycles. The van der Waals surface area contributed by atoms with Gasteiger partial charge in [-0.15, -0.1) is 0 Å². The van der Waals surface area contributed by atoms with E-state index < -0.39 is 0 Å². The van der Waals surface area contributed by atoms with E-state index in [4.69, 9.17) is 4.74 Å². The molecule has 2 aromatic carbocycles. The highest BCUT2D eigenvalue weighted by atomic mass is 79.9. The van der Waals surface area contributed by atoms with Crippen LogP contribution in [0.5, 0.6) is 5.75 Å². The van der Waals surface area contributed by atoms with Crippen molar-refractivity contribution in [3.63, 3.8) is 0 Å². The van der Waals surface area contributed by atoms with E-state index in [1.807, 2.05) is 42.5 Å². The van der Waals surface area contributed by atoms with Gasteiger partial charge in [-0.2, -0.15) is 0 Å². The minimum Gasteiger partial charge on any atom is -0.493 e. The van der Waals surface area contributed by atoms with E-state index in [0.29, 0.717) is 13.0 Å². The second-order valence-electron chi connectivity index (χ2n) is 6.54. The Bertz CT molecular complexity index is 761. The normalized spacial score (nSPS) is 14.8. The van der Waals surface area contributed by atoms with Gasteiger partial charge in [-0.3, -0.25) is 4.79 Å². The second-order valence-corrected chi connectivity index (χ2v) is 7.46. The van der Waals surface area contributed by atoms with Crippen LogP contribution in [0.1, 0.15) is 13.3 Å². The molecule has 27 heavy (non-hydrogen) atoms. The third kappa shape index (κ3) is 5.71. The fourth-order valence-corrected chi connectivity index (χ4v) is 3.57. The van der Waals surface area contributed by atoms with E-state index in [2.05, 4.69) is 44.0 Å². The number of para-hydroxylation sites is 2. The first kappa shape index (κ1) is 19.7. The summed E-state index contributed by atoms with van der Waals surface area (Å²) in [6, 6.07) is 15.7. The van der Waals surface area contributed by atoms with E-state index in [0.717, 1.165) is 54.3 Å². The maximum Gasteiger partial charge on any atom is 0.227 e. The van der Waals surface area contributed by atoms with E-state index in [1.165, 1.54) is 0 Å². The number of hydrogen-bond acceptors (Lipinski definition) is 4. The van der Waals surface area contributed by atoms with Crippen LogP contribution in [0.4, 0.5) is 11.4 Å². The van der Waals surface area contributed by atoms with Crippen LogP contribution in [0, 0.1) is 0 Å². The number of rotatable bonds is 7. The number of piperazine rings is 1. The summed E-state index contributed by atoms with van der Waals surface area (Å²) in [5.41, 5.74) is 1.96. The lowest BCUT2D eigenvalue weighted by atomic mass is 10.2. The molecule has 1 heterocycles. The van der Waals surface area contributed by atoms with E-state index in [1.54, 1.807) is 0 Å². The van der Waals surface area contributed by atoms with Gasteiger partial charge in [0.15, 0.2) is 0 Å². The molecule has 0 aliphatic carbocycles. The van der Waals surface area contributed by atoms with Gasteiger partial charge in [0.2, 0.25) is 5.91 Å². The highest BCUT2D eigenvalue weighted by Gasteiger charge is 2.18. The standard InChI is InChI=1S/C21H26BrN3O2/c1-2-24-11-13-25(14-12-24)20-9-4-3-8-19(20)23-21(26)10-15-27-18-7-5-6-17(22)16-18/h3-9,16H,2,10-15H2,1H3,(H,23,26). The van der Waals surface area contributed by atoms with Gasteiger partial charge >= 0.3 is 0 Å². The van der Waals surface area contributed by atoms with Gasteiger partial charge in [-0.05, 0) is 36.9 Å². The van der Waals surface area contributed by atoms with Gasteiger partial charge in [0.1, 0.15) is 5.75 Å². The van der Waals surface area contributed by atoms with E-state index in [9.17, 15) is 4.79 Å². The van der Waals surface area contributed by atoms with Crippen molar-refractivity contribution < 1.29 is 9.53 Å². The Labute approximate surface area is 169 Å². The van der Waals surface area contributed by atoms with E-state index in [-0.39, 0.29) is 5.91 Å². The smallest absolute Gasteiger partial charge is 0.227 e. The van der Waals surface area contributed by atoms with Crippen LogP contribution in [0.3, 0.4) is 0 Å². The molecule has 1 amide bonds. The van der Waals surface area contributed by atoms with Crippen molar-refractivity contribution in [3.8, 4) is 5.75 Å². The molecule has 0 unspecified atom stereocenters. The molecule has 0 spiro atoms. The summed E-state index contributed by atoms with van der Waals surface area (Å²) >= 11 is 3.41. The first-order chi connectivity index (χ1) is 13.2. The summed E-state index contributed by atoms with van der Waals surface area (Å²) in [6.07, 6.45) is 0.310. The molecule has 0 atom stereocenters. The van der Waals surface area contributed by atoms with Gasteiger partial charge in [0.05, 0.1) is 24.4 Å². The second kappa shape index (κ2) is 9.76. The molecular weight excluding hydrogens is 406 g/mol. The summed E-state index contributed by atoms with van der Waals surface area (Å²) in [5.74, 6) is 0.719. The fourth-order valence-electron chi connectivity index (χ4n) is 3.19. The molecule has 1 saturated heterocycles. The lowest BCUT2D eigenvalue weighted by Gasteiger charge is -2.36. The number of nitrogens with zero attached hydrogens (tertiary/aromatic N) is 2. The van der Waals surface area contributed by atoms with E-state index >= 15 is 0 Å². The first-order valence-electron chi connectivity index (χ1n) is 9.40.